The highest BCUT2D eigenvalue weighted by Crippen LogP contribution is 2.34. The highest BCUT2D eigenvalue weighted by molar-refractivity contribution is 5.55. The second-order valence-corrected chi connectivity index (χ2v) is 4.90. The molecule has 2 rings (SSSR count). The summed E-state index contributed by atoms with van der Waals surface area (Å²) in [5.74, 6) is -28.2. The first-order chi connectivity index (χ1) is 12.4. The number of hydrogen-bond donors (Lipinski definition) is 1. The van der Waals surface area contributed by atoms with Gasteiger partial charge in [0.15, 0.2) is 46.5 Å². The predicted molar refractivity (Wildman–Crippen MR) is 66.5 cm³/mol. The van der Waals surface area contributed by atoms with Crippen molar-refractivity contribution in [1.82, 2.24) is 0 Å². The van der Waals surface area contributed by atoms with Crippen LogP contribution in [-0.2, 0) is 0 Å². The minimum Gasteiger partial charge on any atom is -0.381 e. The smallest absolute Gasteiger partial charge is 0.200 e. The van der Waals surface area contributed by atoms with E-state index < -0.39 is 87.3 Å². The van der Waals surface area contributed by atoms with Crippen LogP contribution in [0.3, 0.4) is 0 Å². The summed E-state index contributed by atoms with van der Waals surface area (Å²) in [5, 5.41) is 9.44. The largest absolute Gasteiger partial charge is 0.381 e. The molecule has 1 nitrogen and oxygen atoms in total. The van der Waals surface area contributed by atoms with E-state index in [1.54, 1.807) is 0 Å². The quantitative estimate of drug-likeness (QED) is 0.425. The minimum absolute atomic E-state index is 0.543. The maximum absolute atomic E-state index is 13.9. The molecule has 0 aliphatic heterocycles. The van der Waals surface area contributed by atoms with Gasteiger partial charge < -0.3 is 5.11 Å². The van der Waals surface area contributed by atoms with Gasteiger partial charge in [0.05, 0.1) is 11.1 Å². The van der Waals surface area contributed by atoms with Gasteiger partial charge in [0, 0.05) is 0 Å². The van der Waals surface area contributed by atoms with Crippen LogP contribution in [0.5, 0.6) is 0 Å². The molecule has 27 heavy (non-hydrogen) atoms. The number of halogens is 11. The average Bonchev–Trinajstić information content (AvgIpc) is 2.64. The van der Waals surface area contributed by atoms with Crippen molar-refractivity contribution >= 4 is 6.08 Å². The molecule has 1 atom stereocenters. The predicted octanol–water partition coefficient (Wildman–Crippen LogP) is 5.12. The summed E-state index contributed by atoms with van der Waals surface area (Å²) in [6, 6.07) is 0. The molecule has 0 aromatic heterocycles. The first kappa shape index (κ1) is 20.7. The van der Waals surface area contributed by atoms with Crippen LogP contribution in [0.1, 0.15) is 17.2 Å². The molecule has 1 N–H and O–H groups in total. The van der Waals surface area contributed by atoms with Crippen LogP contribution in [0, 0.1) is 58.2 Å². The molecule has 0 aliphatic carbocycles. The summed E-state index contributed by atoms with van der Waals surface area (Å²) in [7, 11) is 0. The number of hydrogen-bond acceptors (Lipinski definition) is 1. The maximum Gasteiger partial charge on any atom is 0.200 e. The van der Waals surface area contributed by atoms with Gasteiger partial charge in [0.25, 0.3) is 0 Å². The molecule has 0 spiro atoms. The van der Waals surface area contributed by atoms with Gasteiger partial charge in [-0.25, -0.2) is 48.3 Å². The van der Waals surface area contributed by atoms with Crippen LogP contribution < -0.4 is 0 Å². The lowest BCUT2D eigenvalue weighted by atomic mass is 10.0. The summed E-state index contributed by atoms with van der Waals surface area (Å²) < 4.78 is 146. The van der Waals surface area contributed by atoms with E-state index in [9.17, 15) is 53.4 Å². The van der Waals surface area contributed by atoms with Gasteiger partial charge in [-0.05, 0) is 6.08 Å². The van der Waals surface area contributed by atoms with Gasteiger partial charge in [0.1, 0.15) is 11.9 Å². The third kappa shape index (κ3) is 3.24. The fourth-order valence-corrected chi connectivity index (χ4v) is 1.97. The van der Waals surface area contributed by atoms with Gasteiger partial charge in [-0.15, -0.1) is 0 Å². The molecule has 146 valence electrons. The molecule has 0 fully saturated rings. The Morgan fingerprint density at radius 1 is 0.556 bits per heavy atom. The maximum atomic E-state index is 13.9. The van der Waals surface area contributed by atoms with Crippen LogP contribution in [0.25, 0.3) is 6.08 Å². The molecule has 0 amide bonds. The van der Waals surface area contributed by atoms with Crippen LogP contribution in [-0.4, -0.2) is 5.11 Å². The van der Waals surface area contributed by atoms with Crippen molar-refractivity contribution in [1.29, 1.82) is 0 Å². The van der Waals surface area contributed by atoms with Crippen molar-refractivity contribution in [3.05, 3.63) is 75.1 Å². The topological polar surface area (TPSA) is 20.2 Å². The molecule has 12 heteroatoms. The van der Waals surface area contributed by atoms with E-state index >= 15 is 0 Å². The zero-order valence-corrected chi connectivity index (χ0v) is 12.3. The van der Waals surface area contributed by atoms with E-state index in [0.717, 1.165) is 0 Å². The summed E-state index contributed by atoms with van der Waals surface area (Å²) in [4.78, 5) is 0. The Kier molecular flexibility index (Phi) is 5.50. The SMILES string of the molecule is OC(/C(F)=C/c1c(F)c(F)c(F)c(F)c1F)c1c(F)c(F)c(F)c(F)c1F. The molecule has 0 saturated carbocycles. The number of benzene rings is 2. The summed E-state index contributed by atoms with van der Waals surface area (Å²) >= 11 is 0. The highest BCUT2D eigenvalue weighted by atomic mass is 19.2. The van der Waals surface area contributed by atoms with E-state index in [1.165, 1.54) is 0 Å². The average molecular weight is 408 g/mol. The fourth-order valence-electron chi connectivity index (χ4n) is 1.97. The molecular weight excluding hydrogens is 405 g/mol. The molecule has 2 aromatic carbocycles. The third-order valence-electron chi connectivity index (χ3n) is 3.30. The Balaban J connectivity index is 2.66. The van der Waals surface area contributed by atoms with Gasteiger partial charge >= 0.3 is 0 Å². The Morgan fingerprint density at radius 2 is 0.852 bits per heavy atom. The fraction of sp³-hybridized carbons (Fsp3) is 0.0667. The number of aliphatic hydroxyl groups excluding tert-OH is 1. The first-order valence-electron chi connectivity index (χ1n) is 6.49. The second kappa shape index (κ2) is 7.18. The van der Waals surface area contributed by atoms with Crippen LogP contribution in [0.2, 0.25) is 0 Å². The van der Waals surface area contributed by atoms with Crippen molar-refractivity contribution in [2.24, 2.45) is 0 Å². The summed E-state index contributed by atoms with van der Waals surface area (Å²) in [5.41, 5.74) is -4.09. The molecule has 2 aromatic rings. The lowest BCUT2D eigenvalue weighted by molar-refractivity contribution is 0.173. The van der Waals surface area contributed by atoms with Crippen molar-refractivity contribution in [2.45, 2.75) is 6.10 Å². The molecule has 0 heterocycles. The van der Waals surface area contributed by atoms with Crippen LogP contribution in [0.4, 0.5) is 48.3 Å². The zero-order chi connectivity index (χ0) is 20.8. The van der Waals surface area contributed by atoms with E-state index in [2.05, 4.69) is 0 Å². The van der Waals surface area contributed by atoms with E-state index in [0.29, 0.717) is 0 Å². The van der Waals surface area contributed by atoms with Gasteiger partial charge in [-0.3, -0.25) is 0 Å². The lowest BCUT2D eigenvalue weighted by Gasteiger charge is -2.13. The second-order valence-electron chi connectivity index (χ2n) is 4.90. The summed E-state index contributed by atoms with van der Waals surface area (Å²) in [6.45, 7) is 0. The van der Waals surface area contributed by atoms with Crippen molar-refractivity contribution in [2.75, 3.05) is 0 Å². The first-order valence-corrected chi connectivity index (χ1v) is 6.49. The molecule has 1 unspecified atom stereocenters. The molecule has 0 aliphatic rings. The van der Waals surface area contributed by atoms with Gasteiger partial charge in [-0.2, -0.15) is 0 Å². The summed E-state index contributed by atoms with van der Waals surface area (Å²) in [6.07, 6.45) is -3.86. The third-order valence-corrected chi connectivity index (χ3v) is 3.30. The van der Waals surface area contributed by atoms with Crippen LogP contribution >= 0.6 is 0 Å². The van der Waals surface area contributed by atoms with E-state index in [4.69, 9.17) is 0 Å². The number of rotatable bonds is 3. The standard InChI is InChI=1S/C15H3F11O/c16-3(1-2-5(17)9(21)13(25)10(22)6(2)18)15(27)4-7(19)11(23)14(26)12(24)8(4)20/h1,15,27H/b3-1-. The molecule has 0 bridgehead atoms. The molecule has 0 radical (unpaired) electrons. The Bertz CT molecular complexity index is 909. The van der Waals surface area contributed by atoms with Crippen molar-refractivity contribution in [3.8, 4) is 0 Å². The van der Waals surface area contributed by atoms with E-state index in [1.807, 2.05) is 0 Å². The van der Waals surface area contributed by atoms with Crippen molar-refractivity contribution < 1.29 is 53.4 Å². The highest BCUT2D eigenvalue weighted by Gasteiger charge is 2.32. The zero-order valence-electron chi connectivity index (χ0n) is 12.3. The molecular formula is C15H3F11O. The number of aliphatic hydroxyl groups is 1. The Labute approximate surface area is 142 Å². The monoisotopic (exact) mass is 408 g/mol. The molecule has 0 saturated heterocycles. The van der Waals surface area contributed by atoms with Gasteiger partial charge in [-0.1, -0.05) is 0 Å². The lowest BCUT2D eigenvalue weighted by Crippen LogP contribution is -2.12. The normalized spacial score (nSPS) is 13.3. The Hall–Kier alpha value is -2.63. The van der Waals surface area contributed by atoms with Crippen LogP contribution in [0.15, 0.2) is 5.83 Å². The minimum atomic E-state index is -3.32. The van der Waals surface area contributed by atoms with Gasteiger partial charge in [0.2, 0.25) is 11.6 Å². The van der Waals surface area contributed by atoms with Crippen molar-refractivity contribution in [3.63, 3.8) is 0 Å². The van der Waals surface area contributed by atoms with E-state index in [-0.39, 0.29) is 0 Å². The Morgan fingerprint density at radius 3 is 1.22 bits per heavy atom.